The normalized spacial score (nSPS) is 15.2. The number of hydrogen-bond donors (Lipinski definition) is 1. The third-order valence-electron chi connectivity index (χ3n) is 5.94. The molecule has 9 heteroatoms. The van der Waals surface area contributed by atoms with Gasteiger partial charge in [-0.1, -0.05) is 24.3 Å². The van der Waals surface area contributed by atoms with E-state index < -0.39 is 5.92 Å². The number of nitrogens with two attached hydrogens (primary N) is 1. The summed E-state index contributed by atoms with van der Waals surface area (Å²) in [7, 11) is 0. The van der Waals surface area contributed by atoms with E-state index in [-0.39, 0.29) is 5.88 Å². The van der Waals surface area contributed by atoms with Crippen molar-refractivity contribution in [2.45, 2.75) is 19.4 Å². The summed E-state index contributed by atoms with van der Waals surface area (Å²) >= 11 is 0. The molecule has 9 nitrogen and oxygen atoms in total. The molecule has 1 aliphatic rings. The van der Waals surface area contributed by atoms with Gasteiger partial charge in [0, 0.05) is 24.6 Å². The van der Waals surface area contributed by atoms with Crippen LogP contribution in [0.3, 0.4) is 0 Å². The highest BCUT2D eigenvalue weighted by atomic mass is 16.5. The van der Waals surface area contributed by atoms with Crippen LogP contribution in [0.4, 0.5) is 0 Å². The van der Waals surface area contributed by atoms with Gasteiger partial charge in [0.15, 0.2) is 11.3 Å². The lowest BCUT2D eigenvalue weighted by molar-refractivity contribution is 0.350. The molecule has 4 heterocycles. The van der Waals surface area contributed by atoms with Gasteiger partial charge in [-0.2, -0.15) is 10.4 Å². The van der Waals surface area contributed by atoms with E-state index >= 15 is 0 Å². The number of benzene rings is 2. The van der Waals surface area contributed by atoms with Crippen molar-refractivity contribution in [3.63, 3.8) is 0 Å². The second kappa shape index (κ2) is 7.64. The molecule has 0 spiro atoms. The molecule has 0 bridgehead atoms. The maximum Gasteiger partial charge on any atom is 0.248 e. The van der Waals surface area contributed by atoms with Crippen LogP contribution >= 0.6 is 0 Å². The van der Waals surface area contributed by atoms with Gasteiger partial charge in [-0.05, 0) is 36.8 Å². The molecule has 1 atom stereocenters. The van der Waals surface area contributed by atoms with Gasteiger partial charge in [0.1, 0.15) is 17.2 Å². The van der Waals surface area contributed by atoms with Crippen molar-refractivity contribution in [3.8, 4) is 29.2 Å². The lowest BCUT2D eigenvalue weighted by Gasteiger charge is -2.25. The quantitative estimate of drug-likeness (QED) is 0.438. The van der Waals surface area contributed by atoms with E-state index in [1.54, 1.807) is 17.2 Å². The molecule has 0 amide bonds. The standard InChI is InChI=1S/C25H19N7O2/c1-2-32-25-21(22(30-32)24-29-18-5-3-4-6-19(18)33-24)20(17(13-26)23(27)34-25)15-7-9-16(10-8-15)31-12-11-28-14-31/h3-12,14,20H,2,27H2,1H3. The highest BCUT2D eigenvalue weighted by Gasteiger charge is 2.38. The molecule has 6 rings (SSSR count). The highest BCUT2D eigenvalue weighted by molar-refractivity contribution is 5.77. The SMILES string of the molecule is CCn1nc(-c2nc3ccccc3o2)c2c1OC(N)=C(C#N)C2c1ccc(-n2ccnc2)cc1. The Morgan fingerprint density at radius 2 is 1.97 bits per heavy atom. The van der Waals surface area contributed by atoms with Crippen LogP contribution in [0.5, 0.6) is 5.88 Å². The number of imidazole rings is 1. The number of oxazole rings is 1. The Bertz CT molecular complexity index is 1550. The Balaban J connectivity index is 1.55. The number of fused-ring (bicyclic) bond motifs is 2. The maximum atomic E-state index is 10.0. The molecule has 5 aromatic rings. The lowest BCUT2D eigenvalue weighted by atomic mass is 9.84. The van der Waals surface area contributed by atoms with Gasteiger partial charge in [0.25, 0.3) is 0 Å². The van der Waals surface area contributed by atoms with Crippen molar-refractivity contribution in [1.82, 2.24) is 24.3 Å². The summed E-state index contributed by atoms with van der Waals surface area (Å²) in [4.78, 5) is 8.75. The number of hydrogen-bond acceptors (Lipinski definition) is 7. The van der Waals surface area contributed by atoms with E-state index in [1.165, 1.54) is 0 Å². The molecule has 0 aliphatic carbocycles. The van der Waals surface area contributed by atoms with Gasteiger partial charge in [0.05, 0.1) is 17.8 Å². The van der Waals surface area contributed by atoms with Crippen LogP contribution in [-0.4, -0.2) is 24.3 Å². The number of nitrogens with zero attached hydrogens (tertiary/aromatic N) is 6. The number of para-hydroxylation sites is 2. The number of ether oxygens (including phenoxy) is 1. The van der Waals surface area contributed by atoms with Gasteiger partial charge in [-0.3, -0.25) is 0 Å². The van der Waals surface area contributed by atoms with Crippen molar-refractivity contribution in [2.75, 3.05) is 0 Å². The minimum atomic E-state index is -0.490. The number of nitriles is 1. The summed E-state index contributed by atoms with van der Waals surface area (Å²) in [5, 5.41) is 14.8. The number of aromatic nitrogens is 5. The van der Waals surface area contributed by atoms with Gasteiger partial charge in [-0.25, -0.2) is 14.6 Å². The molecule has 34 heavy (non-hydrogen) atoms. The Kier molecular flexibility index (Phi) is 4.45. The molecule has 0 fully saturated rings. The minimum absolute atomic E-state index is 0.0670. The summed E-state index contributed by atoms with van der Waals surface area (Å²) in [6.45, 7) is 2.51. The van der Waals surface area contributed by atoms with Gasteiger partial charge in [-0.15, -0.1) is 0 Å². The van der Waals surface area contributed by atoms with Crippen LogP contribution in [0.25, 0.3) is 28.4 Å². The van der Waals surface area contributed by atoms with E-state index in [4.69, 9.17) is 20.0 Å². The number of aryl methyl sites for hydroxylation is 1. The summed E-state index contributed by atoms with van der Waals surface area (Å²) in [5.41, 5.74) is 11.0. The van der Waals surface area contributed by atoms with Crippen LogP contribution in [0.1, 0.15) is 24.0 Å². The van der Waals surface area contributed by atoms with Crippen molar-refractivity contribution < 1.29 is 9.15 Å². The molecule has 2 N–H and O–H groups in total. The van der Waals surface area contributed by atoms with Crippen LogP contribution in [0, 0.1) is 11.3 Å². The van der Waals surface area contributed by atoms with Crippen LogP contribution in [0.15, 0.2) is 83.1 Å². The first-order valence-corrected chi connectivity index (χ1v) is 10.8. The Labute approximate surface area is 194 Å². The van der Waals surface area contributed by atoms with E-state index in [0.717, 1.165) is 16.8 Å². The van der Waals surface area contributed by atoms with Gasteiger partial charge < -0.3 is 19.5 Å². The molecule has 1 aliphatic heterocycles. The zero-order chi connectivity index (χ0) is 23.2. The van der Waals surface area contributed by atoms with Crippen LogP contribution in [-0.2, 0) is 6.54 Å². The van der Waals surface area contributed by atoms with Crippen molar-refractivity contribution in [2.24, 2.45) is 5.73 Å². The monoisotopic (exact) mass is 449 g/mol. The van der Waals surface area contributed by atoms with Crippen molar-refractivity contribution in [3.05, 3.63) is 89.8 Å². The predicted molar refractivity (Wildman–Crippen MR) is 124 cm³/mol. The number of rotatable bonds is 4. The predicted octanol–water partition coefficient (Wildman–Crippen LogP) is 4.12. The van der Waals surface area contributed by atoms with Crippen molar-refractivity contribution in [1.29, 1.82) is 5.26 Å². The zero-order valence-corrected chi connectivity index (χ0v) is 18.2. The highest BCUT2D eigenvalue weighted by Crippen LogP contribution is 2.47. The molecule has 166 valence electrons. The van der Waals surface area contributed by atoms with E-state index in [2.05, 4.69) is 16.0 Å². The van der Waals surface area contributed by atoms with E-state index in [9.17, 15) is 5.26 Å². The Hall–Kier alpha value is -4.84. The largest absolute Gasteiger partial charge is 0.435 e. The molecular weight excluding hydrogens is 430 g/mol. The maximum absolute atomic E-state index is 10.0. The summed E-state index contributed by atoms with van der Waals surface area (Å²) < 4.78 is 15.6. The molecule has 1 unspecified atom stereocenters. The number of allylic oxidation sites excluding steroid dienone is 1. The first-order chi connectivity index (χ1) is 16.7. The van der Waals surface area contributed by atoms with Gasteiger partial charge >= 0.3 is 0 Å². The zero-order valence-electron chi connectivity index (χ0n) is 18.2. The molecule has 0 saturated heterocycles. The first kappa shape index (κ1) is 19.8. The van der Waals surface area contributed by atoms with Crippen LogP contribution < -0.4 is 10.5 Å². The Morgan fingerprint density at radius 3 is 2.68 bits per heavy atom. The van der Waals surface area contributed by atoms with Crippen molar-refractivity contribution >= 4 is 11.1 Å². The Morgan fingerprint density at radius 1 is 1.15 bits per heavy atom. The minimum Gasteiger partial charge on any atom is -0.435 e. The fraction of sp³-hybridized carbons (Fsp3) is 0.120. The fourth-order valence-electron chi connectivity index (χ4n) is 4.32. The van der Waals surface area contributed by atoms with E-state index in [1.807, 2.05) is 66.2 Å². The molecule has 0 saturated carbocycles. The fourth-order valence-corrected chi connectivity index (χ4v) is 4.32. The summed E-state index contributed by atoms with van der Waals surface area (Å²) in [5.74, 6) is 0.430. The molecule has 3 aromatic heterocycles. The first-order valence-electron chi connectivity index (χ1n) is 10.8. The second-order valence-corrected chi connectivity index (χ2v) is 7.86. The molecule has 2 aromatic carbocycles. The van der Waals surface area contributed by atoms with Crippen LogP contribution in [0.2, 0.25) is 0 Å². The topological polar surface area (TPSA) is 121 Å². The summed E-state index contributed by atoms with van der Waals surface area (Å²) in [6.07, 6.45) is 5.33. The van der Waals surface area contributed by atoms with E-state index in [0.29, 0.717) is 40.7 Å². The average Bonchev–Trinajstić information content (AvgIpc) is 3.61. The third-order valence-corrected chi connectivity index (χ3v) is 5.94. The lowest BCUT2D eigenvalue weighted by Crippen LogP contribution is -2.22. The second-order valence-electron chi connectivity index (χ2n) is 7.86. The average molecular weight is 449 g/mol. The van der Waals surface area contributed by atoms with Gasteiger partial charge in [0.2, 0.25) is 17.7 Å². The smallest absolute Gasteiger partial charge is 0.248 e. The third kappa shape index (κ3) is 2.97. The molecule has 0 radical (unpaired) electrons. The summed E-state index contributed by atoms with van der Waals surface area (Å²) in [6, 6.07) is 17.7. The molecular formula is C25H19N7O2.